The molecule has 1 rings (SSSR count). The summed E-state index contributed by atoms with van der Waals surface area (Å²) in [5.74, 6) is 0.0756. The number of piperidine rings is 1. The zero-order valence-electron chi connectivity index (χ0n) is 11.5. The van der Waals surface area contributed by atoms with Gasteiger partial charge in [0.05, 0.1) is 5.41 Å². The number of carbonyl (C=O) groups is 2. The first-order valence-corrected chi connectivity index (χ1v) is 6.90. The lowest BCUT2D eigenvalue weighted by molar-refractivity contribution is -0.132. The van der Waals surface area contributed by atoms with Crippen LogP contribution in [0.5, 0.6) is 0 Å². The predicted molar refractivity (Wildman–Crippen MR) is 71.1 cm³/mol. The van der Waals surface area contributed by atoms with Crippen LogP contribution in [0.25, 0.3) is 0 Å². The van der Waals surface area contributed by atoms with Gasteiger partial charge in [0.1, 0.15) is 0 Å². The van der Waals surface area contributed by atoms with E-state index in [1.165, 1.54) is 0 Å². The van der Waals surface area contributed by atoms with Crippen LogP contribution >= 0.6 is 0 Å². The summed E-state index contributed by atoms with van der Waals surface area (Å²) in [4.78, 5) is 23.5. The minimum Gasteiger partial charge on any atom is -0.356 e. The van der Waals surface area contributed by atoms with Gasteiger partial charge in [-0.1, -0.05) is 6.92 Å². The summed E-state index contributed by atoms with van der Waals surface area (Å²) in [6.07, 6.45) is 3.17. The standard InChI is InChI=1S/C13H25N3O2/c1-3-13(7-5-8-14-10-13)12(18)16-9-6-11(17)15-4-2/h14H,3-10H2,1-2H3,(H,15,17)(H,16,18). The van der Waals surface area contributed by atoms with Gasteiger partial charge >= 0.3 is 0 Å². The van der Waals surface area contributed by atoms with Gasteiger partial charge in [-0.3, -0.25) is 9.59 Å². The third-order valence-electron chi connectivity index (χ3n) is 3.64. The topological polar surface area (TPSA) is 70.2 Å². The molecule has 0 aliphatic carbocycles. The molecular formula is C13H25N3O2. The third kappa shape index (κ3) is 3.98. The Morgan fingerprint density at radius 3 is 2.61 bits per heavy atom. The molecule has 0 saturated carbocycles. The van der Waals surface area contributed by atoms with Crippen molar-refractivity contribution in [2.45, 2.75) is 39.5 Å². The van der Waals surface area contributed by atoms with Gasteiger partial charge in [0, 0.05) is 26.1 Å². The molecule has 0 aromatic heterocycles. The smallest absolute Gasteiger partial charge is 0.227 e. The lowest BCUT2D eigenvalue weighted by atomic mass is 9.77. The Morgan fingerprint density at radius 1 is 1.28 bits per heavy atom. The maximum absolute atomic E-state index is 12.2. The summed E-state index contributed by atoms with van der Waals surface area (Å²) in [5, 5.41) is 8.90. The molecule has 18 heavy (non-hydrogen) atoms. The van der Waals surface area contributed by atoms with Gasteiger partial charge in [-0.25, -0.2) is 0 Å². The quantitative estimate of drug-likeness (QED) is 0.644. The van der Waals surface area contributed by atoms with Crippen molar-refractivity contribution < 1.29 is 9.59 Å². The second-order valence-electron chi connectivity index (χ2n) is 4.87. The van der Waals surface area contributed by atoms with E-state index in [-0.39, 0.29) is 17.2 Å². The Bertz CT molecular complexity index is 286. The summed E-state index contributed by atoms with van der Waals surface area (Å²) in [5.41, 5.74) is -0.278. The van der Waals surface area contributed by atoms with Crippen LogP contribution in [0.3, 0.4) is 0 Å². The Morgan fingerprint density at radius 2 is 2.06 bits per heavy atom. The van der Waals surface area contributed by atoms with E-state index < -0.39 is 0 Å². The van der Waals surface area contributed by atoms with Crippen molar-refractivity contribution in [2.75, 3.05) is 26.2 Å². The molecule has 1 atom stereocenters. The largest absolute Gasteiger partial charge is 0.356 e. The first-order chi connectivity index (χ1) is 8.64. The van der Waals surface area contributed by atoms with Crippen LogP contribution < -0.4 is 16.0 Å². The molecule has 2 amide bonds. The van der Waals surface area contributed by atoms with E-state index >= 15 is 0 Å². The second kappa shape index (κ2) is 7.36. The van der Waals surface area contributed by atoms with Crippen molar-refractivity contribution in [3.05, 3.63) is 0 Å². The molecule has 0 aromatic rings. The molecule has 104 valence electrons. The zero-order chi connectivity index (χ0) is 13.4. The highest BCUT2D eigenvalue weighted by Gasteiger charge is 2.37. The van der Waals surface area contributed by atoms with Crippen LogP contribution in [0.4, 0.5) is 0 Å². The second-order valence-corrected chi connectivity index (χ2v) is 4.87. The predicted octanol–water partition coefficient (Wildman–Crippen LogP) is 0.409. The van der Waals surface area contributed by atoms with Crippen LogP contribution in [0.15, 0.2) is 0 Å². The van der Waals surface area contributed by atoms with Crippen LogP contribution in [-0.2, 0) is 9.59 Å². The normalized spacial score (nSPS) is 23.4. The summed E-state index contributed by atoms with van der Waals surface area (Å²) >= 11 is 0. The fraction of sp³-hybridized carbons (Fsp3) is 0.846. The lowest BCUT2D eigenvalue weighted by Gasteiger charge is -2.35. The molecule has 1 fully saturated rings. The van der Waals surface area contributed by atoms with Crippen molar-refractivity contribution in [1.82, 2.24) is 16.0 Å². The lowest BCUT2D eigenvalue weighted by Crippen LogP contribution is -2.50. The highest BCUT2D eigenvalue weighted by molar-refractivity contribution is 5.83. The molecule has 1 heterocycles. The minimum atomic E-state index is -0.278. The van der Waals surface area contributed by atoms with Gasteiger partial charge in [-0.15, -0.1) is 0 Å². The Labute approximate surface area is 109 Å². The van der Waals surface area contributed by atoms with E-state index in [9.17, 15) is 9.59 Å². The average molecular weight is 255 g/mol. The third-order valence-corrected chi connectivity index (χ3v) is 3.64. The average Bonchev–Trinajstić information content (AvgIpc) is 2.39. The maximum atomic E-state index is 12.2. The van der Waals surface area contributed by atoms with E-state index in [4.69, 9.17) is 0 Å². The van der Waals surface area contributed by atoms with Gasteiger partial charge in [0.2, 0.25) is 11.8 Å². The van der Waals surface area contributed by atoms with Crippen LogP contribution in [-0.4, -0.2) is 38.0 Å². The van der Waals surface area contributed by atoms with Gasteiger partial charge in [-0.2, -0.15) is 0 Å². The Balaban J connectivity index is 2.36. The number of nitrogens with one attached hydrogen (secondary N) is 3. The van der Waals surface area contributed by atoms with Crippen molar-refractivity contribution in [3.63, 3.8) is 0 Å². The van der Waals surface area contributed by atoms with E-state index in [0.29, 0.717) is 19.5 Å². The van der Waals surface area contributed by atoms with E-state index in [0.717, 1.165) is 32.4 Å². The van der Waals surface area contributed by atoms with E-state index in [1.54, 1.807) is 0 Å². The fourth-order valence-corrected chi connectivity index (χ4v) is 2.39. The summed E-state index contributed by atoms with van der Waals surface area (Å²) in [6.45, 7) is 6.74. The molecule has 1 aliphatic rings. The van der Waals surface area contributed by atoms with Gasteiger partial charge in [-0.05, 0) is 32.7 Å². The van der Waals surface area contributed by atoms with Gasteiger partial charge < -0.3 is 16.0 Å². The molecule has 0 aromatic carbocycles. The number of amides is 2. The van der Waals surface area contributed by atoms with Crippen molar-refractivity contribution in [2.24, 2.45) is 5.41 Å². The number of carbonyl (C=O) groups excluding carboxylic acids is 2. The molecule has 5 nitrogen and oxygen atoms in total. The van der Waals surface area contributed by atoms with E-state index in [1.807, 2.05) is 6.92 Å². The summed E-state index contributed by atoms with van der Waals surface area (Å²) < 4.78 is 0. The maximum Gasteiger partial charge on any atom is 0.227 e. The number of rotatable bonds is 6. The Kier molecular flexibility index (Phi) is 6.12. The monoisotopic (exact) mass is 255 g/mol. The molecule has 0 radical (unpaired) electrons. The first-order valence-electron chi connectivity index (χ1n) is 6.90. The molecule has 0 spiro atoms. The van der Waals surface area contributed by atoms with Gasteiger partial charge in [0.15, 0.2) is 0 Å². The van der Waals surface area contributed by atoms with Crippen molar-refractivity contribution in [3.8, 4) is 0 Å². The molecule has 3 N–H and O–H groups in total. The molecule has 1 saturated heterocycles. The van der Waals surface area contributed by atoms with Crippen LogP contribution in [0.1, 0.15) is 39.5 Å². The molecule has 1 unspecified atom stereocenters. The molecule has 1 aliphatic heterocycles. The van der Waals surface area contributed by atoms with Gasteiger partial charge in [0.25, 0.3) is 0 Å². The highest BCUT2D eigenvalue weighted by Crippen LogP contribution is 2.30. The molecule has 0 bridgehead atoms. The highest BCUT2D eigenvalue weighted by atomic mass is 16.2. The summed E-state index contributed by atoms with van der Waals surface area (Å²) in [7, 11) is 0. The SMILES string of the molecule is CCNC(=O)CCNC(=O)C1(CC)CCCNC1. The zero-order valence-corrected chi connectivity index (χ0v) is 11.5. The first kappa shape index (κ1) is 15.0. The van der Waals surface area contributed by atoms with Crippen molar-refractivity contribution >= 4 is 11.8 Å². The number of hydrogen-bond acceptors (Lipinski definition) is 3. The van der Waals surface area contributed by atoms with Crippen LogP contribution in [0.2, 0.25) is 0 Å². The Hall–Kier alpha value is -1.10. The summed E-state index contributed by atoms with van der Waals surface area (Å²) in [6, 6.07) is 0. The molecule has 5 heteroatoms. The van der Waals surface area contributed by atoms with E-state index in [2.05, 4.69) is 22.9 Å². The number of hydrogen-bond donors (Lipinski definition) is 3. The fourth-order valence-electron chi connectivity index (χ4n) is 2.39. The minimum absolute atomic E-state index is 0.00915. The molecular weight excluding hydrogens is 230 g/mol. The van der Waals surface area contributed by atoms with Crippen LogP contribution in [0, 0.1) is 5.41 Å². The van der Waals surface area contributed by atoms with Crippen molar-refractivity contribution in [1.29, 1.82) is 0 Å².